The minimum atomic E-state index is -0.432. The quantitative estimate of drug-likeness (QED) is 0.0731. The van der Waals surface area contributed by atoms with E-state index in [0.717, 1.165) is 16.7 Å². The Morgan fingerprint density at radius 3 is 1.49 bits per heavy atom. The van der Waals surface area contributed by atoms with E-state index in [2.05, 4.69) is 60.0 Å². The first kappa shape index (κ1) is 68.0. The molecule has 2 aliphatic rings. The van der Waals surface area contributed by atoms with E-state index in [1.54, 1.807) is 4.90 Å². The molecule has 0 spiro atoms. The van der Waals surface area contributed by atoms with Crippen LogP contribution in [0.15, 0.2) is 116 Å². The van der Waals surface area contributed by atoms with Gasteiger partial charge in [-0.2, -0.15) is 0 Å². The molecular weight excluding hydrogens is 1090 g/mol. The van der Waals surface area contributed by atoms with E-state index < -0.39 is 5.97 Å². The number of rotatable bonds is 10. The number of carbonyl (C=O) groups excluding carboxylic acids is 4. The van der Waals surface area contributed by atoms with E-state index in [1.807, 2.05) is 133 Å². The number of methoxy groups -OCH3 is 2. The molecule has 0 atom stereocenters. The number of aromatic nitrogens is 8. The van der Waals surface area contributed by atoms with Crippen molar-refractivity contribution in [2.24, 2.45) is 5.73 Å². The van der Waals surface area contributed by atoms with Crippen LogP contribution in [0.25, 0.3) is 0 Å². The maximum Gasteiger partial charge on any atom is 0.310 e. The maximum atomic E-state index is 12.0. The first-order valence-corrected chi connectivity index (χ1v) is 25.6. The highest BCUT2D eigenvalue weighted by Gasteiger charge is 2.31. The van der Waals surface area contributed by atoms with Crippen LogP contribution in [0.5, 0.6) is 0 Å². The zero-order chi connectivity index (χ0) is 56.4. The molecule has 77 heavy (non-hydrogen) atoms. The fourth-order valence-electron chi connectivity index (χ4n) is 6.10. The van der Waals surface area contributed by atoms with Crippen LogP contribution < -0.4 is 27.4 Å². The van der Waals surface area contributed by atoms with Gasteiger partial charge in [-0.3, -0.25) is 24.1 Å². The number of hydrogen-bond donors (Lipinski definition) is 4. The van der Waals surface area contributed by atoms with Gasteiger partial charge in [0.2, 0.25) is 11.8 Å². The van der Waals surface area contributed by atoms with E-state index in [1.165, 1.54) is 45.1 Å². The third-order valence-electron chi connectivity index (χ3n) is 9.64. The van der Waals surface area contributed by atoms with Crippen molar-refractivity contribution in [3.63, 3.8) is 0 Å². The molecule has 412 valence electrons. The summed E-state index contributed by atoms with van der Waals surface area (Å²) in [4.78, 5) is 77.8. The number of nitrogens with one attached hydrogen (secondary N) is 2. The lowest BCUT2D eigenvalue weighted by Crippen LogP contribution is -2.26. The number of anilines is 3. The predicted octanol–water partition coefficient (Wildman–Crippen LogP) is 11.2. The second kappa shape index (κ2) is 38.6. The standard InChI is InChI=1S/C14H14ClN3O2.C13H10ClN3O.C7H6Cl2N2O2.C7H9N.C6H4ClN3O.3C2H6.H3N/c1-20-12(19)7-11-13(15)17-9-18-14(11)16-8-10-5-3-2-4-6-10;14-12-10-6-11(18)17(13(10)16-8-15-12)7-9-4-2-1-3-5-9;1-13-5(12)2-4-6(8)10-3-11-7(4)9;8-6-7-4-2-1-3-5-7;7-5-3-1-4(11)10-6(3)9-2-8-5;3*1-2;/h2-6,9H,7-8H2,1H3,(H,16,17,18);1-5,8H,6-7H2;3H,2H2,1H3;1-5H,6,8H2;2H,1H2,(H,8,9,10,11);3*1-2H3;1H3. The Kier molecular flexibility index (Phi) is 34.1. The van der Waals surface area contributed by atoms with Crippen LogP contribution in [0.1, 0.15) is 80.5 Å². The molecule has 0 saturated heterocycles. The van der Waals surface area contributed by atoms with Crippen LogP contribution in [-0.2, 0) is 74.0 Å². The van der Waals surface area contributed by atoms with E-state index >= 15 is 0 Å². The molecule has 0 radical (unpaired) electrons. The van der Waals surface area contributed by atoms with E-state index in [9.17, 15) is 19.2 Å². The summed E-state index contributed by atoms with van der Waals surface area (Å²) in [6.07, 6.45) is 5.88. The average molecular weight is 1160 g/mol. The van der Waals surface area contributed by atoms with Gasteiger partial charge in [0.05, 0.1) is 46.4 Å². The number of hydrogen-bond acceptors (Lipinski definition) is 17. The Balaban J connectivity index is 0.000000481. The second-order valence-corrected chi connectivity index (χ2v) is 16.1. The molecule has 0 unspecified atom stereocenters. The number of amides is 2. The highest BCUT2D eigenvalue weighted by molar-refractivity contribution is 6.35. The van der Waals surface area contributed by atoms with Crippen molar-refractivity contribution in [1.82, 2.24) is 46.0 Å². The van der Waals surface area contributed by atoms with Crippen molar-refractivity contribution < 1.29 is 28.7 Å². The molecule has 0 fully saturated rings. The minimum absolute atomic E-state index is 0. The molecule has 4 aromatic heterocycles. The number of carbonyl (C=O) groups is 4. The number of esters is 2. The highest BCUT2D eigenvalue weighted by Crippen LogP contribution is 2.32. The van der Waals surface area contributed by atoms with Crippen molar-refractivity contribution in [2.45, 2.75) is 86.9 Å². The monoisotopic (exact) mass is 1150 g/mol. The number of nitrogens with zero attached hydrogens (tertiary/aromatic N) is 9. The molecule has 9 rings (SSSR count). The zero-order valence-electron chi connectivity index (χ0n) is 44.1. The predicted molar refractivity (Wildman–Crippen MR) is 305 cm³/mol. The lowest BCUT2D eigenvalue weighted by molar-refractivity contribution is -0.140. The van der Waals surface area contributed by atoms with Gasteiger partial charge in [0, 0.05) is 35.3 Å². The smallest absolute Gasteiger partial charge is 0.310 e. The van der Waals surface area contributed by atoms with Gasteiger partial charge in [0.25, 0.3) is 0 Å². The Bertz CT molecular complexity index is 2850. The Morgan fingerprint density at radius 2 is 1.00 bits per heavy atom. The van der Waals surface area contributed by atoms with Gasteiger partial charge in [-0.15, -0.1) is 0 Å². The number of nitrogens with two attached hydrogens (primary N) is 1. The lowest BCUT2D eigenvalue weighted by atomic mass is 10.2. The van der Waals surface area contributed by atoms with Crippen LogP contribution in [0.2, 0.25) is 25.8 Å². The molecule has 2 aliphatic heterocycles. The zero-order valence-corrected chi connectivity index (χ0v) is 47.8. The molecule has 0 aliphatic carbocycles. The van der Waals surface area contributed by atoms with Gasteiger partial charge in [0.1, 0.15) is 68.5 Å². The maximum absolute atomic E-state index is 12.0. The van der Waals surface area contributed by atoms with Gasteiger partial charge in [0.15, 0.2) is 0 Å². The molecule has 0 bridgehead atoms. The number of ether oxygens (including phenoxy) is 2. The molecule has 7 N–H and O–H groups in total. The van der Waals surface area contributed by atoms with Crippen molar-refractivity contribution in [2.75, 3.05) is 29.8 Å². The topological polar surface area (TPSA) is 278 Å². The molecular formula is C53H64Cl5N13O6. The SMILES string of the molecule is CC.CC.CC.COC(=O)Cc1c(Cl)ncnc1Cl.COC(=O)Cc1c(Cl)ncnc1NCc1ccccc1.N.NCc1ccccc1.O=C1Cc2c(Cl)ncnc2N1.O=C1Cc2c(Cl)ncnc2N1Cc1ccccc1. The first-order chi connectivity index (χ1) is 36.8. The Hall–Kier alpha value is -6.97. The largest absolute Gasteiger partial charge is 0.469 e. The van der Waals surface area contributed by atoms with Crippen molar-refractivity contribution in [3.8, 4) is 0 Å². The number of halogens is 5. The van der Waals surface area contributed by atoms with Gasteiger partial charge >= 0.3 is 11.9 Å². The Morgan fingerprint density at radius 1 is 0.571 bits per heavy atom. The summed E-state index contributed by atoms with van der Waals surface area (Å²) in [6, 6.07) is 29.7. The normalized spacial score (nSPS) is 10.8. The highest BCUT2D eigenvalue weighted by atomic mass is 35.5. The minimum Gasteiger partial charge on any atom is -0.469 e. The van der Waals surface area contributed by atoms with Crippen LogP contribution in [0.3, 0.4) is 0 Å². The third-order valence-corrected chi connectivity index (χ3v) is 11.3. The van der Waals surface area contributed by atoms with E-state index in [4.69, 9.17) is 63.7 Å². The van der Waals surface area contributed by atoms with Gasteiger partial charge in [-0.25, -0.2) is 39.9 Å². The molecule has 6 heterocycles. The summed E-state index contributed by atoms with van der Waals surface area (Å²) in [7, 11) is 2.62. The van der Waals surface area contributed by atoms with Gasteiger partial charge in [-0.1, -0.05) is 191 Å². The van der Waals surface area contributed by atoms with E-state index in [-0.39, 0.29) is 65.1 Å². The molecule has 2 amide bonds. The second-order valence-electron chi connectivity index (χ2n) is 14.3. The van der Waals surface area contributed by atoms with Crippen LogP contribution in [0, 0.1) is 0 Å². The lowest BCUT2D eigenvalue weighted by Gasteiger charge is -2.16. The molecule has 3 aromatic carbocycles. The van der Waals surface area contributed by atoms with Gasteiger partial charge in [-0.05, 0) is 16.7 Å². The summed E-state index contributed by atoms with van der Waals surface area (Å²) >= 11 is 29.1. The van der Waals surface area contributed by atoms with Crippen molar-refractivity contribution in [3.05, 3.63) is 181 Å². The summed E-state index contributed by atoms with van der Waals surface area (Å²) < 4.78 is 9.10. The average Bonchev–Trinajstić information content (AvgIpc) is 4.02. The van der Waals surface area contributed by atoms with Gasteiger partial charge < -0.3 is 32.0 Å². The first-order valence-electron chi connectivity index (χ1n) is 23.7. The summed E-state index contributed by atoms with van der Waals surface area (Å²) in [5.74, 6) is 0.819. The number of benzene rings is 3. The summed E-state index contributed by atoms with van der Waals surface area (Å²) in [5, 5.41) is 7.03. The van der Waals surface area contributed by atoms with Crippen molar-refractivity contribution in [1.29, 1.82) is 0 Å². The summed E-state index contributed by atoms with van der Waals surface area (Å²) in [5.41, 5.74) is 11.0. The molecule has 0 saturated carbocycles. The van der Waals surface area contributed by atoms with Crippen LogP contribution in [-0.4, -0.2) is 77.8 Å². The van der Waals surface area contributed by atoms with Crippen molar-refractivity contribution >= 4 is 99.2 Å². The molecule has 7 aromatic rings. The van der Waals surface area contributed by atoms with E-state index in [0.29, 0.717) is 64.1 Å². The number of fused-ring (bicyclic) bond motifs is 2. The molecule has 24 heteroatoms. The molecule has 19 nitrogen and oxygen atoms in total. The third kappa shape index (κ3) is 23.0. The fraction of sp³-hybridized carbons (Fsp3) is 0.283. The van der Waals surface area contributed by atoms with Crippen LogP contribution >= 0.6 is 58.0 Å². The Labute approximate surface area is 474 Å². The van der Waals surface area contributed by atoms with Crippen LogP contribution in [0.4, 0.5) is 17.5 Å². The fourth-order valence-corrected chi connectivity index (χ4v) is 7.14. The summed E-state index contributed by atoms with van der Waals surface area (Å²) in [6.45, 7) is 13.7.